The Bertz CT molecular complexity index is 533. The van der Waals surface area contributed by atoms with Gasteiger partial charge in [-0.3, -0.25) is 9.25 Å². The van der Waals surface area contributed by atoms with Crippen molar-refractivity contribution in [1.82, 2.24) is 24.1 Å². The highest BCUT2D eigenvalue weighted by Gasteiger charge is 2.06. The first-order valence-corrected chi connectivity index (χ1v) is 5.20. The molecule has 6 heteroatoms. The molecule has 2 aromatic rings. The lowest BCUT2D eigenvalue weighted by Crippen LogP contribution is -2.23. The highest BCUT2D eigenvalue weighted by atomic mass is 16.2. The second-order valence-corrected chi connectivity index (χ2v) is 4.06. The second kappa shape index (κ2) is 3.96. The molecule has 0 amide bonds. The first-order valence-electron chi connectivity index (χ1n) is 5.20. The molecule has 0 saturated heterocycles. The van der Waals surface area contributed by atoms with Gasteiger partial charge in [0.15, 0.2) is 0 Å². The van der Waals surface area contributed by atoms with Crippen molar-refractivity contribution in [1.29, 1.82) is 0 Å². The van der Waals surface area contributed by atoms with Crippen LogP contribution in [0.15, 0.2) is 23.4 Å². The second-order valence-electron chi connectivity index (χ2n) is 4.06. The minimum absolute atomic E-state index is 0.126. The summed E-state index contributed by atoms with van der Waals surface area (Å²) in [5.74, 6) is 0. The molecule has 0 bridgehead atoms. The van der Waals surface area contributed by atoms with Crippen LogP contribution in [-0.2, 0) is 13.6 Å². The molecule has 2 rings (SSSR count). The molecule has 0 saturated carbocycles. The summed E-state index contributed by atoms with van der Waals surface area (Å²) in [4.78, 5) is 11.5. The molecule has 0 aliphatic rings. The zero-order valence-corrected chi connectivity index (χ0v) is 9.66. The molecule has 0 radical (unpaired) electrons. The van der Waals surface area contributed by atoms with Gasteiger partial charge in [0.25, 0.3) is 0 Å². The molecule has 0 fully saturated rings. The van der Waals surface area contributed by atoms with Crippen LogP contribution < -0.4 is 5.69 Å². The first kappa shape index (κ1) is 10.7. The van der Waals surface area contributed by atoms with Crippen LogP contribution >= 0.6 is 0 Å². The largest absolute Gasteiger partial charge is 0.345 e. The molecular weight excluding hydrogens is 206 g/mol. The standard InChI is InChI=1S/C10H15N5O/c1-8(2)14-5-4-9(12-14)6-15-10(16)13(3)7-11-15/h4-5,7-8H,6H2,1-3H3. The van der Waals surface area contributed by atoms with E-state index in [2.05, 4.69) is 24.0 Å². The third kappa shape index (κ3) is 1.91. The summed E-state index contributed by atoms with van der Waals surface area (Å²) in [6, 6.07) is 2.23. The summed E-state index contributed by atoms with van der Waals surface area (Å²) >= 11 is 0. The van der Waals surface area contributed by atoms with Gasteiger partial charge in [0, 0.05) is 19.3 Å². The van der Waals surface area contributed by atoms with Crippen molar-refractivity contribution in [3.63, 3.8) is 0 Å². The highest BCUT2D eigenvalue weighted by molar-refractivity contribution is 4.99. The summed E-state index contributed by atoms with van der Waals surface area (Å²) < 4.78 is 4.70. The Morgan fingerprint density at radius 1 is 1.44 bits per heavy atom. The fourth-order valence-electron chi connectivity index (χ4n) is 1.43. The van der Waals surface area contributed by atoms with Crippen molar-refractivity contribution in [3.8, 4) is 0 Å². The van der Waals surface area contributed by atoms with Crippen molar-refractivity contribution in [3.05, 3.63) is 34.8 Å². The average molecular weight is 221 g/mol. The summed E-state index contributed by atoms with van der Waals surface area (Å²) in [6.07, 6.45) is 3.41. The van der Waals surface area contributed by atoms with Gasteiger partial charge in [-0.1, -0.05) is 0 Å². The van der Waals surface area contributed by atoms with Gasteiger partial charge in [-0.2, -0.15) is 10.2 Å². The van der Waals surface area contributed by atoms with Crippen LogP contribution in [0.4, 0.5) is 0 Å². The highest BCUT2D eigenvalue weighted by Crippen LogP contribution is 2.04. The molecule has 0 aliphatic heterocycles. The molecule has 16 heavy (non-hydrogen) atoms. The van der Waals surface area contributed by atoms with Gasteiger partial charge in [0.1, 0.15) is 6.33 Å². The van der Waals surface area contributed by atoms with Crippen LogP contribution in [0.5, 0.6) is 0 Å². The van der Waals surface area contributed by atoms with E-state index in [4.69, 9.17) is 0 Å². The Morgan fingerprint density at radius 3 is 2.69 bits per heavy atom. The molecule has 2 heterocycles. The van der Waals surface area contributed by atoms with E-state index in [0.29, 0.717) is 12.6 Å². The zero-order valence-electron chi connectivity index (χ0n) is 9.66. The number of nitrogens with zero attached hydrogens (tertiary/aromatic N) is 5. The van der Waals surface area contributed by atoms with Gasteiger partial charge in [-0.25, -0.2) is 9.48 Å². The first-order chi connectivity index (χ1) is 7.58. The van der Waals surface area contributed by atoms with Crippen LogP contribution in [0, 0.1) is 0 Å². The van der Waals surface area contributed by atoms with Gasteiger partial charge >= 0.3 is 5.69 Å². The van der Waals surface area contributed by atoms with E-state index in [1.54, 1.807) is 7.05 Å². The van der Waals surface area contributed by atoms with Crippen molar-refractivity contribution < 1.29 is 0 Å². The predicted octanol–water partition coefficient (Wildman–Crippen LogP) is 0.407. The SMILES string of the molecule is CC(C)n1ccc(Cn2ncn(C)c2=O)n1. The molecule has 0 aromatic carbocycles. The van der Waals surface area contributed by atoms with E-state index in [1.807, 2.05) is 16.9 Å². The Balaban J connectivity index is 2.21. The minimum atomic E-state index is -0.126. The number of hydrogen-bond donors (Lipinski definition) is 0. The molecule has 2 aromatic heterocycles. The number of aryl methyl sites for hydroxylation is 1. The Kier molecular flexibility index (Phi) is 2.64. The van der Waals surface area contributed by atoms with Gasteiger partial charge in [0.2, 0.25) is 0 Å². The van der Waals surface area contributed by atoms with E-state index in [-0.39, 0.29) is 5.69 Å². The van der Waals surface area contributed by atoms with Crippen molar-refractivity contribution in [2.45, 2.75) is 26.4 Å². The molecule has 0 aliphatic carbocycles. The molecular formula is C10H15N5O. The van der Waals surface area contributed by atoms with Gasteiger partial charge in [-0.15, -0.1) is 0 Å². The van der Waals surface area contributed by atoms with E-state index < -0.39 is 0 Å². The quantitative estimate of drug-likeness (QED) is 0.754. The predicted molar refractivity (Wildman–Crippen MR) is 59.2 cm³/mol. The fraction of sp³-hybridized carbons (Fsp3) is 0.500. The summed E-state index contributed by atoms with van der Waals surface area (Å²) in [7, 11) is 1.68. The minimum Gasteiger partial charge on any atom is -0.285 e. The maximum Gasteiger partial charge on any atom is 0.345 e. The van der Waals surface area contributed by atoms with Gasteiger partial charge < -0.3 is 0 Å². The van der Waals surface area contributed by atoms with E-state index in [0.717, 1.165) is 5.69 Å². The van der Waals surface area contributed by atoms with Crippen LogP contribution in [-0.4, -0.2) is 24.1 Å². The third-order valence-corrected chi connectivity index (χ3v) is 2.39. The average Bonchev–Trinajstić information content (AvgIpc) is 2.81. The lowest BCUT2D eigenvalue weighted by molar-refractivity contribution is 0.519. The van der Waals surface area contributed by atoms with E-state index in [9.17, 15) is 4.79 Å². The van der Waals surface area contributed by atoms with E-state index in [1.165, 1.54) is 15.6 Å². The van der Waals surface area contributed by atoms with E-state index >= 15 is 0 Å². The summed E-state index contributed by atoms with van der Waals surface area (Å²) in [5.41, 5.74) is 0.716. The van der Waals surface area contributed by atoms with Crippen molar-refractivity contribution >= 4 is 0 Å². The van der Waals surface area contributed by atoms with Gasteiger partial charge in [0.05, 0.1) is 12.2 Å². The molecule has 86 valence electrons. The molecule has 0 N–H and O–H groups in total. The third-order valence-electron chi connectivity index (χ3n) is 2.39. The van der Waals surface area contributed by atoms with Crippen molar-refractivity contribution in [2.75, 3.05) is 0 Å². The topological polar surface area (TPSA) is 57.6 Å². The molecule has 0 atom stereocenters. The van der Waals surface area contributed by atoms with Gasteiger partial charge in [-0.05, 0) is 19.9 Å². The summed E-state index contributed by atoms with van der Waals surface area (Å²) in [5, 5.41) is 8.35. The lowest BCUT2D eigenvalue weighted by atomic mass is 10.4. The zero-order chi connectivity index (χ0) is 11.7. The number of aromatic nitrogens is 5. The molecule has 0 spiro atoms. The number of hydrogen-bond acceptors (Lipinski definition) is 3. The Hall–Kier alpha value is -1.85. The Morgan fingerprint density at radius 2 is 2.19 bits per heavy atom. The lowest BCUT2D eigenvalue weighted by Gasteiger charge is -2.03. The monoisotopic (exact) mass is 221 g/mol. The van der Waals surface area contributed by atoms with Crippen LogP contribution in [0.25, 0.3) is 0 Å². The fourth-order valence-corrected chi connectivity index (χ4v) is 1.43. The number of rotatable bonds is 3. The Labute approximate surface area is 93.1 Å². The maximum absolute atomic E-state index is 11.5. The molecule has 0 unspecified atom stereocenters. The van der Waals surface area contributed by atoms with Crippen molar-refractivity contribution in [2.24, 2.45) is 7.05 Å². The maximum atomic E-state index is 11.5. The van der Waals surface area contributed by atoms with Crippen LogP contribution in [0.1, 0.15) is 25.6 Å². The summed E-state index contributed by atoms with van der Waals surface area (Å²) in [6.45, 7) is 4.53. The smallest absolute Gasteiger partial charge is 0.285 e. The molecule has 6 nitrogen and oxygen atoms in total. The van der Waals surface area contributed by atoms with Crippen LogP contribution in [0.3, 0.4) is 0 Å². The van der Waals surface area contributed by atoms with Crippen LogP contribution in [0.2, 0.25) is 0 Å². The normalized spacial score (nSPS) is 11.2.